The molecule has 1 saturated heterocycles. The molecule has 2 heterocycles. The summed E-state index contributed by atoms with van der Waals surface area (Å²) in [5.74, 6) is 0.497. The molecule has 2 rings (SSSR count). The van der Waals surface area contributed by atoms with E-state index in [9.17, 15) is 0 Å². The van der Waals surface area contributed by atoms with Crippen molar-refractivity contribution in [2.45, 2.75) is 26.1 Å². The molecule has 2 aliphatic rings. The van der Waals surface area contributed by atoms with Crippen molar-refractivity contribution in [3.8, 4) is 0 Å². The highest BCUT2D eigenvalue weighted by Crippen LogP contribution is 2.26. The Labute approximate surface area is 66.2 Å². The largest absolute Gasteiger partial charge is 0.354 e. The predicted molar refractivity (Wildman–Crippen MR) is 39.9 cm³/mol. The molecule has 2 aliphatic heterocycles. The summed E-state index contributed by atoms with van der Waals surface area (Å²) >= 11 is 0. The molecule has 4 nitrogen and oxygen atoms in total. The molecule has 4 heteroatoms. The van der Waals surface area contributed by atoms with Crippen LogP contribution in [0, 0.1) is 5.92 Å². The van der Waals surface area contributed by atoms with Gasteiger partial charge in [-0.1, -0.05) is 19.1 Å². The first-order valence-corrected chi connectivity index (χ1v) is 4.06. The molecule has 1 fully saturated rings. The summed E-state index contributed by atoms with van der Waals surface area (Å²) in [6, 6.07) is 0.419. The third-order valence-electron chi connectivity index (χ3n) is 2.12. The summed E-state index contributed by atoms with van der Waals surface area (Å²) in [7, 11) is 0. The Hall–Kier alpha value is -0.640. The molecule has 0 aromatic carbocycles. The lowest BCUT2D eigenvalue weighted by Gasteiger charge is -2.21. The van der Waals surface area contributed by atoms with Crippen molar-refractivity contribution >= 4 is 0 Å². The van der Waals surface area contributed by atoms with Gasteiger partial charge in [0.15, 0.2) is 0 Å². The Kier molecular flexibility index (Phi) is 1.56. The predicted octanol–water partition coefficient (Wildman–Crippen LogP) is 1.05. The van der Waals surface area contributed by atoms with Crippen LogP contribution < -0.4 is 0 Å². The smallest absolute Gasteiger partial charge is 0.150 e. The quantitative estimate of drug-likeness (QED) is 0.567. The molecular weight excluding hydrogens is 142 g/mol. The number of ether oxygens (including phenoxy) is 1. The summed E-state index contributed by atoms with van der Waals surface area (Å²) < 4.78 is 5.55. The molecule has 0 bridgehead atoms. The van der Waals surface area contributed by atoms with Crippen LogP contribution in [0.15, 0.2) is 10.3 Å². The van der Waals surface area contributed by atoms with Crippen molar-refractivity contribution in [2.75, 3.05) is 13.2 Å². The molecule has 2 atom stereocenters. The van der Waals surface area contributed by atoms with Gasteiger partial charge in [-0.25, -0.2) is 5.01 Å². The van der Waals surface area contributed by atoms with E-state index in [1.165, 1.54) is 0 Å². The van der Waals surface area contributed by atoms with Crippen LogP contribution >= 0.6 is 0 Å². The maximum absolute atomic E-state index is 5.55. The molecule has 0 radical (unpaired) electrons. The Morgan fingerprint density at radius 3 is 3.09 bits per heavy atom. The Morgan fingerprint density at radius 1 is 1.55 bits per heavy atom. The van der Waals surface area contributed by atoms with Gasteiger partial charge in [0.2, 0.25) is 0 Å². The zero-order valence-corrected chi connectivity index (χ0v) is 6.90. The van der Waals surface area contributed by atoms with Crippen molar-refractivity contribution in [1.29, 1.82) is 0 Å². The van der Waals surface area contributed by atoms with Gasteiger partial charge in [0.1, 0.15) is 6.23 Å². The Morgan fingerprint density at radius 2 is 2.36 bits per heavy atom. The zero-order chi connectivity index (χ0) is 7.84. The average molecular weight is 155 g/mol. The first-order valence-electron chi connectivity index (χ1n) is 4.06. The van der Waals surface area contributed by atoms with E-state index in [0.29, 0.717) is 12.0 Å². The molecule has 0 aromatic heterocycles. The standard InChI is InChI=1S/C7H13N3O/c1-5(2)7-10-6(4-11-7)3-8-9-10/h5-7H,3-4H2,1-2H3/t6-,7-/m0/s1. The molecule has 0 N–H and O–H groups in total. The van der Waals surface area contributed by atoms with Gasteiger partial charge in [-0.3, -0.25) is 0 Å². The Balaban J connectivity index is 2.08. The molecular formula is C7H13N3O. The molecule has 0 spiro atoms. The fourth-order valence-electron chi connectivity index (χ4n) is 1.53. The normalized spacial score (nSPS) is 35.4. The maximum atomic E-state index is 5.55. The van der Waals surface area contributed by atoms with Crippen LogP contribution in [-0.2, 0) is 4.74 Å². The highest BCUT2D eigenvalue weighted by atomic mass is 16.5. The molecule has 0 aliphatic carbocycles. The van der Waals surface area contributed by atoms with Crippen molar-refractivity contribution in [1.82, 2.24) is 5.01 Å². The van der Waals surface area contributed by atoms with E-state index in [4.69, 9.17) is 4.74 Å². The second kappa shape index (κ2) is 2.44. The van der Waals surface area contributed by atoms with Crippen LogP contribution in [0.5, 0.6) is 0 Å². The second-order valence-corrected chi connectivity index (χ2v) is 3.42. The van der Waals surface area contributed by atoms with E-state index in [1.54, 1.807) is 0 Å². The maximum Gasteiger partial charge on any atom is 0.150 e. The van der Waals surface area contributed by atoms with Gasteiger partial charge >= 0.3 is 0 Å². The monoisotopic (exact) mass is 155 g/mol. The fraction of sp³-hybridized carbons (Fsp3) is 1.00. The van der Waals surface area contributed by atoms with Gasteiger partial charge in [-0.05, 0) is 5.92 Å². The second-order valence-electron chi connectivity index (χ2n) is 3.42. The lowest BCUT2D eigenvalue weighted by Crippen LogP contribution is -2.33. The van der Waals surface area contributed by atoms with Gasteiger partial charge in [0.05, 0.1) is 19.2 Å². The van der Waals surface area contributed by atoms with Gasteiger partial charge in [-0.2, -0.15) is 5.11 Å². The average Bonchev–Trinajstić information content (AvgIpc) is 2.41. The third kappa shape index (κ3) is 1.01. The molecule has 0 amide bonds. The summed E-state index contributed by atoms with van der Waals surface area (Å²) in [5, 5.41) is 10.00. The van der Waals surface area contributed by atoms with Crippen molar-refractivity contribution < 1.29 is 4.74 Å². The van der Waals surface area contributed by atoms with Crippen LogP contribution in [-0.4, -0.2) is 30.4 Å². The van der Waals surface area contributed by atoms with E-state index in [0.717, 1.165) is 13.2 Å². The van der Waals surface area contributed by atoms with Crippen LogP contribution in [0.4, 0.5) is 0 Å². The van der Waals surface area contributed by atoms with Crippen molar-refractivity contribution in [3.05, 3.63) is 0 Å². The number of hydrogen-bond acceptors (Lipinski definition) is 4. The van der Waals surface area contributed by atoms with E-state index < -0.39 is 0 Å². The highest BCUT2D eigenvalue weighted by molar-refractivity contribution is 4.83. The van der Waals surface area contributed by atoms with E-state index in [-0.39, 0.29) is 6.23 Å². The summed E-state index contributed by atoms with van der Waals surface area (Å²) in [5.41, 5.74) is 0. The topological polar surface area (TPSA) is 37.2 Å². The Bertz CT molecular complexity index is 181. The minimum atomic E-state index is 0.159. The van der Waals surface area contributed by atoms with Gasteiger partial charge in [0.25, 0.3) is 0 Å². The fourth-order valence-corrected chi connectivity index (χ4v) is 1.53. The van der Waals surface area contributed by atoms with Crippen LogP contribution in [0.2, 0.25) is 0 Å². The van der Waals surface area contributed by atoms with Crippen LogP contribution in [0.3, 0.4) is 0 Å². The highest BCUT2D eigenvalue weighted by Gasteiger charge is 2.38. The SMILES string of the molecule is CC(C)[C@@H]1OC[C@@H]2CN=NN21. The number of nitrogens with zero attached hydrogens (tertiary/aromatic N) is 3. The first-order chi connectivity index (χ1) is 5.29. The number of hydrogen-bond donors (Lipinski definition) is 0. The molecule has 0 unspecified atom stereocenters. The summed E-state index contributed by atoms with van der Waals surface area (Å²) in [4.78, 5) is 0. The summed E-state index contributed by atoms with van der Waals surface area (Å²) in [6.45, 7) is 5.88. The van der Waals surface area contributed by atoms with Crippen molar-refractivity contribution in [3.63, 3.8) is 0 Å². The molecule has 11 heavy (non-hydrogen) atoms. The van der Waals surface area contributed by atoms with Crippen LogP contribution in [0.1, 0.15) is 13.8 Å². The zero-order valence-electron chi connectivity index (χ0n) is 6.90. The number of rotatable bonds is 1. The van der Waals surface area contributed by atoms with Crippen LogP contribution in [0.25, 0.3) is 0 Å². The lowest BCUT2D eigenvalue weighted by atomic mass is 10.2. The van der Waals surface area contributed by atoms with Gasteiger partial charge in [0, 0.05) is 0 Å². The first kappa shape index (κ1) is 7.03. The van der Waals surface area contributed by atoms with Crippen molar-refractivity contribution in [2.24, 2.45) is 16.3 Å². The summed E-state index contributed by atoms with van der Waals surface area (Å²) in [6.07, 6.45) is 0.159. The van der Waals surface area contributed by atoms with E-state index >= 15 is 0 Å². The molecule has 0 saturated carbocycles. The third-order valence-corrected chi connectivity index (χ3v) is 2.12. The van der Waals surface area contributed by atoms with E-state index in [2.05, 4.69) is 24.2 Å². The van der Waals surface area contributed by atoms with Gasteiger partial charge in [-0.15, -0.1) is 0 Å². The minimum Gasteiger partial charge on any atom is -0.354 e. The molecule has 0 aromatic rings. The minimum absolute atomic E-state index is 0.159. The lowest BCUT2D eigenvalue weighted by molar-refractivity contribution is -0.00367. The molecule has 62 valence electrons. The number of fused-ring (bicyclic) bond motifs is 1. The van der Waals surface area contributed by atoms with Gasteiger partial charge < -0.3 is 4.74 Å². The van der Waals surface area contributed by atoms with E-state index in [1.807, 2.05) is 5.01 Å².